The van der Waals surface area contributed by atoms with Gasteiger partial charge >= 0.3 is 0 Å². The van der Waals surface area contributed by atoms with Crippen molar-refractivity contribution in [2.75, 3.05) is 11.9 Å². The van der Waals surface area contributed by atoms with Crippen LogP contribution in [-0.4, -0.2) is 15.9 Å². The minimum atomic E-state index is 0.483. The van der Waals surface area contributed by atoms with Gasteiger partial charge < -0.3 is 5.32 Å². The molecule has 0 spiro atoms. The molecule has 1 heterocycles. The molecule has 0 atom stereocenters. The van der Waals surface area contributed by atoms with Crippen LogP contribution in [0.25, 0.3) is 0 Å². The zero-order valence-electron chi connectivity index (χ0n) is 10.3. The zero-order chi connectivity index (χ0) is 11.4. The Morgan fingerprint density at radius 3 is 2.81 bits per heavy atom. The number of aryl methyl sites for hydroxylation is 1. The summed E-state index contributed by atoms with van der Waals surface area (Å²) >= 11 is 1.50. The van der Waals surface area contributed by atoms with Gasteiger partial charge in [0.15, 0.2) is 0 Å². The normalized spacial score (nSPS) is 18.9. The van der Waals surface area contributed by atoms with Crippen LogP contribution in [0, 0.1) is 5.41 Å². The minimum absolute atomic E-state index is 0.483. The first-order valence-corrected chi connectivity index (χ1v) is 7.06. The molecule has 1 aliphatic carbocycles. The van der Waals surface area contributed by atoms with Crippen molar-refractivity contribution >= 4 is 16.7 Å². The van der Waals surface area contributed by atoms with Crippen LogP contribution in [0.15, 0.2) is 0 Å². The van der Waals surface area contributed by atoms with E-state index >= 15 is 0 Å². The maximum absolute atomic E-state index is 4.49. The van der Waals surface area contributed by atoms with Crippen LogP contribution in [0.5, 0.6) is 0 Å². The summed E-state index contributed by atoms with van der Waals surface area (Å²) in [5, 5.41) is 4.45. The molecule has 0 saturated heterocycles. The molecule has 1 aliphatic rings. The molecule has 1 fully saturated rings. The maximum Gasteiger partial charge on any atom is 0.202 e. The number of hydrogen-bond donors (Lipinski definition) is 1. The average molecular weight is 239 g/mol. The van der Waals surface area contributed by atoms with Gasteiger partial charge in [-0.15, -0.1) is 0 Å². The second-order valence-corrected chi connectivity index (χ2v) is 5.89. The Hall–Kier alpha value is -0.640. The first-order valence-electron chi connectivity index (χ1n) is 6.28. The van der Waals surface area contributed by atoms with Crippen molar-refractivity contribution in [2.45, 2.75) is 52.4 Å². The van der Waals surface area contributed by atoms with Crippen LogP contribution in [0.4, 0.5) is 5.13 Å². The van der Waals surface area contributed by atoms with E-state index in [0.717, 1.165) is 30.3 Å². The Kier molecular flexibility index (Phi) is 3.79. The molecule has 0 bridgehead atoms. The first-order chi connectivity index (χ1) is 7.72. The van der Waals surface area contributed by atoms with E-state index in [-0.39, 0.29) is 0 Å². The molecule has 0 aliphatic heterocycles. The summed E-state index contributed by atoms with van der Waals surface area (Å²) in [6.45, 7) is 5.59. The van der Waals surface area contributed by atoms with Crippen molar-refractivity contribution in [3.05, 3.63) is 5.82 Å². The second-order valence-electron chi connectivity index (χ2n) is 5.14. The van der Waals surface area contributed by atoms with E-state index in [9.17, 15) is 0 Å². The Bertz CT molecular complexity index is 329. The van der Waals surface area contributed by atoms with Gasteiger partial charge in [-0.1, -0.05) is 26.7 Å². The lowest BCUT2D eigenvalue weighted by atomic mass is 9.89. The molecule has 1 N–H and O–H groups in total. The predicted molar refractivity (Wildman–Crippen MR) is 69.0 cm³/mol. The van der Waals surface area contributed by atoms with Crippen molar-refractivity contribution in [1.29, 1.82) is 0 Å². The fourth-order valence-electron chi connectivity index (χ4n) is 2.35. The molecule has 2 rings (SSSR count). The van der Waals surface area contributed by atoms with Gasteiger partial charge in [0.05, 0.1) is 0 Å². The summed E-state index contributed by atoms with van der Waals surface area (Å²) in [6, 6.07) is 0. The largest absolute Gasteiger partial charge is 0.360 e. The van der Waals surface area contributed by atoms with E-state index in [1.807, 2.05) is 0 Å². The number of nitrogens with zero attached hydrogens (tertiary/aromatic N) is 2. The molecular weight excluding hydrogens is 218 g/mol. The Labute approximate surface area is 102 Å². The standard InChI is InChI=1S/C12H21N3S/c1-3-6-10-14-11(16-15-10)13-9-12(2)7-4-5-8-12/h3-9H2,1-2H3,(H,13,14,15). The highest BCUT2D eigenvalue weighted by Gasteiger charge is 2.28. The maximum atomic E-state index is 4.49. The van der Waals surface area contributed by atoms with E-state index in [4.69, 9.17) is 0 Å². The number of anilines is 1. The van der Waals surface area contributed by atoms with Crippen molar-refractivity contribution in [2.24, 2.45) is 5.41 Å². The third-order valence-corrected chi connectivity index (χ3v) is 4.13. The molecule has 1 aromatic heterocycles. The highest BCUT2D eigenvalue weighted by molar-refractivity contribution is 7.09. The lowest BCUT2D eigenvalue weighted by molar-refractivity contribution is 0.362. The van der Waals surface area contributed by atoms with Crippen LogP contribution in [-0.2, 0) is 6.42 Å². The summed E-state index contributed by atoms with van der Waals surface area (Å²) in [6.07, 6.45) is 7.58. The number of hydrogen-bond acceptors (Lipinski definition) is 4. The second kappa shape index (κ2) is 5.13. The molecule has 1 saturated carbocycles. The molecule has 0 amide bonds. The SMILES string of the molecule is CCCc1nsc(NCC2(C)CCCC2)n1. The van der Waals surface area contributed by atoms with Crippen LogP contribution in [0.3, 0.4) is 0 Å². The van der Waals surface area contributed by atoms with Gasteiger partial charge in [0.1, 0.15) is 5.82 Å². The van der Waals surface area contributed by atoms with Crippen molar-refractivity contribution in [3.8, 4) is 0 Å². The topological polar surface area (TPSA) is 37.8 Å². The molecule has 1 aromatic rings. The third-order valence-electron chi connectivity index (χ3n) is 3.42. The molecule has 90 valence electrons. The summed E-state index contributed by atoms with van der Waals surface area (Å²) < 4.78 is 4.34. The lowest BCUT2D eigenvalue weighted by Gasteiger charge is -2.23. The molecule has 3 nitrogen and oxygen atoms in total. The van der Waals surface area contributed by atoms with Crippen LogP contribution >= 0.6 is 11.5 Å². The van der Waals surface area contributed by atoms with E-state index in [1.54, 1.807) is 0 Å². The summed E-state index contributed by atoms with van der Waals surface area (Å²) in [7, 11) is 0. The van der Waals surface area contributed by atoms with Crippen molar-refractivity contribution in [1.82, 2.24) is 9.36 Å². The Morgan fingerprint density at radius 1 is 1.38 bits per heavy atom. The summed E-state index contributed by atoms with van der Waals surface area (Å²) in [5.74, 6) is 0.992. The van der Waals surface area contributed by atoms with Gasteiger partial charge in [-0.25, -0.2) is 4.98 Å². The third kappa shape index (κ3) is 2.94. The monoisotopic (exact) mass is 239 g/mol. The van der Waals surface area contributed by atoms with Crippen LogP contribution < -0.4 is 5.32 Å². The first kappa shape index (κ1) is 11.8. The highest BCUT2D eigenvalue weighted by atomic mass is 32.1. The number of rotatable bonds is 5. The molecule has 0 unspecified atom stereocenters. The van der Waals surface area contributed by atoms with E-state index in [2.05, 4.69) is 28.5 Å². The van der Waals surface area contributed by atoms with Crippen molar-refractivity contribution in [3.63, 3.8) is 0 Å². The molecule has 0 radical (unpaired) electrons. The fraction of sp³-hybridized carbons (Fsp3) is 0.833. The molecular formula is C12H21N3S. The van der Waals surface area contributed by atoms with Gasteiger partial charge in [-0.2, -0.15) is 4.37 Å². The van der Waals surface area contributed by atoms with Gasteiger partial charge in [-0.3, -0.25) is 0 Å². The number of nitrogens with one attached hydrogen (secondary N) is 1. The highest BCUT2D eigenvalue weighted by Crippen LogP contribution is 2.37. The number of aromatic nitrogens is 2. The Morgan fingerprint density at radius 2 is 2.12 bits per heavy atom. The van der Waals surface area contributed by atoms with Crippen LogP contribution in [0.2, 0.25) is 0 Å². The summed E-state index contributed by atoms with van der Waals surface area (Å²) in [4.78, 5) is 4.49. The van der Waals surface area contributed by atoms with Crippen molar-refractivity contribution < 1.29 is 0 Å². The Balaban J connectivity index is 1.84. The zero-order valence-corrected chi connectivity index (χ0v) is 11.1. The minimum Gasteiger partial charge on any atom is -0.360 e. The van der Waals surface area contributed by atoms with E-state index in [0.29, 0.717) is 5.41 Å². The summed E-state index contributed by atoms with van der Waals surface area (Å²) in [5.41, 5.74) is 0.483. The van der Waals surface area contributed by atoms with Gasteiger partial charge in [0.25, 0.3) is 0 Å². The van der Waals surface area contributed by atoms with Gasteiger partial charge in [0, 0.05) is 24.5 Å². The fourth-order valence-corrected chi connectivity index (χ4v) is 2.95. The quantitative estimate of drug-likeness (QED) is 0.854. The lowest BCUT2D eigenvalue weighted by Crippen LogP contribution is -2.22. The molecule has 0 aromatic carbocycles. The van der Waals surface area contributed by atoms with E-state index < -0.39 is 0 Å². The van der Waals surface area contributed by atoms with Gasteiger partial charge in [0.2, 0.25) is 5.13 Å². The van der Waals surface area contributed by atoms with E-state index in [1.165, 1.54) is 37.2 Å². The predicted octanol–water partition coefficient (Wildman–Crippen LogP) is 3.48. The molecule has 16 heavy (non-hydrogen) atoms. The van der Waals surface area contributed by atoms with Gasteiger partial charge in [-0.05, 0) is 24.7 Å². The van der Waals surface area contributed by atoms with Crippen LogP contribution in [0.1, 0.15) is 51.8 Å². The molecule has 4 heteroatoms. The smallest absolute Gasteiger partial charge is 0.202 e. The average Bonchev–Trinajstić information content (AvgIpc) is 2.86.